The number of furan rings is 1. The standard InChI is InChI=1S/C16H16BrNO6S/c1-22-13-7-11(17)15(8-14(13)23-2)25(20,21)18-16(19)10-6-9(10)12-4-3-5-24-12/h3-5,7-10H,6H2,1-2H3,(H,18,19)/t9-,10-/m1/s1. The molecule has 1 amide bonds. The van der Waals surface area contributed by atoms with Crippen molar-refractivity contribution in [1.82, 2.24) is 4.72 Å². The number of benzene rings is 1. The molecule has 2 atom stereocenters. The lowest BCUT2D eigenvalue weighted by Gasteiger charge is -2.13. The highest BCUT2D eigenvalue weighted by Crippen LogP contribution is 2.48. The molecule has 0 aliphatic heterocycles. The van der Waals surface area contributed by atoms with Gasteiger partial charge in [-0.15, -0.1) is 0 Å². The molecule has 1 aromatic carbocycles. The van der Waals surface area contributed by atoms with Gasteiger partial charge >= 0.3 is 0 Å². The number of rotatable bonds is 6. The van der Waals surface area contributed by atoms with Crippen LogP contribution >= 0.6 is 15.9 Å². The summed E-state index contributed by atoms with van der Waals surface area (Å²) in [5.41, 5.74) is 0. The van der Waals surface area contributed by atoms with E-state index in [-0.39, 0.29) is 21.0 Å². The van der Waals surface area contributed by atoms with E-state index in [1.807, 2.05) is 0 Å². The summed E-state index contributed by atoms with van der Waals surface area (Å²) in [4.78, 5) is 12.2. The maximum absolute atomic E-state index is 12.6. The van der Waals surface area contributed by atoms with Crippen LogP contribution in [0, 0.1) is 5.92 Å². The molecule has 0 saturated heterocycles. The first-order valence-electron chi connectivity index (χ1n) is 7.39. The monoisotopic (exact) mass is 429 g/mol. The van der Waals surface area contributed by atoms with Crippen molar-refractivity contribution in [3.63, 3.8) is 0 Å². The van der Waals surface area contributed by atoms with E-state index in [0.29, 0.717) is 17.9 Å². The lowest BCUT2D eigenvalue weighted by molar-refractivity contribution is -0.120. The lowest BCUT2D eigenvalue weighted by Crippen LogP contribution is -2.32. The van der Waals surface area contributed by atoms with E-state index in [1.165, 1.54) is 32.6 Å². The lowest BCUT2D eigenvalue weighted by atomic mass is 10.2. The zero-order valence-corrected chi connectivity index (χ0v) is 15.9. The van der Waals surface area contributed by atoms with Crippen LogP contribution in [0.15, 0.2) is 44.3 Å². The van der Waals surface area contributed by atoms with Crippen molar-refractivity contribution in [3.8, 4) is 11.5 Å². The van der Waals surface area contributed by atoms with Crippen LogP contribution in [-0.2, 0) is 14.8 Å². The van der Waals surface area contributed by atoms with Crippen LogP contribution in [0.4, 0.5) is 0 Å². The highest BCUT2D eigenvalue weighted by Gasteiger charge is 2.47. The zero-order chi connectivity index (χ0) is 18.2. The summed E-state index contributed by atoms with van der Waals surface area (Å²) in [5, 5.41) is 0. The van der Waals surface area contributed by atoms with Gasteiger partial charge in [-0.25, -0.2) is 13.1 Å². The minimum Gasteiger partial charge on any atom is -0.493 e. The zero-order valence-electron chi connectivity index (χ0n) is 13.5. The summed E-state index contributed by atoms with van der Waals surface area (Å²) >= 11 is 3.19. The highest BCUT2D eigenvalue weighted by molar-refractivity contribution is 9.10. The number of carbonyl (C=O) groups excluding carboxylic acids is 1. The van der Waals surface area contributed by atoms with E-state index in [4.69, 9.17) is 13.9 Å². The van der Waals surface area contributed by atoms with Gasteiger partial charge in [0.1, 0.15) is 10.7 Å². The first-order chi connectivity index (χ1) is 11.9. The van der Waals surface area contributed by atoms with Crippen LogP contribution in [0.1, 0.15) is 18.1 Å². The molecular formula is C16H16BrNO6S. The molecule has 0 radical (unpaired) electrons. The van der Waals surface area contributed by atoms with E-state index in [1.54, 1.807) is 12.1 Å². The van der Waals surface area contributed by atoms with Crippen LogP contribution in [0.2, 0.25) is 0 Å². The van der Waals surface area contributed by atoms with Crippen LogP contribution in [0.5, 0.6) is 11.5 Å². The smallest absolute Gasteiger partial charge is 0.265 e. The molecule has 0 bridgehead atoms. The quantitative estimate of drug-likeness (QED) is 0.758. The molecule has 2 aromatic rings. The fraction of sp³-hybridized carbons (Fsp3) is 0.312. The Labute approximate surface area is 153 Å². The number of ether oxygens (including phenoxy) is 2. The summed E-state index contributed by atoms with van der Waals surface area (Å²) in [6.45, 7) is 0. The van der Waals surface area contributed by atoms with Crippen LogP contribution < -0.4 is 14.2 Å². The predicted molar refractivity (Wildman–Crippen MR) is 92.1 cm³/mol. The average Bonchev–Trinajstić information content (AvgIpc) is 3.19. The molecule has 0 spiro atoms. The molecule has 1 heterocycles. The van der Waals surface area contributed by atoms with Gasteiger partial charge in [0.2, 0.25) is 5.91 Å². The van der Waals surface area contributed by atoms with Crippen LogP contribution in [0.25, 0.3) is 0 Å². The minimum atomic E-state index is -4.06. The largest absolute Gasteiger partial charge is 0.493 e. The Kier molecular flexibility index (Phi) is 4.79. The van der Waals surface area contributed by atoms with Crippen molar-refractivity contribution in [1.29, 1.82) is 0 Å². The van der Waals surface area contributed by atoms with Gasteiger partial charge in [-0.3, -0.25) is 4.79 Å². The average molecular weight is 430 g/mol. The summed E-state index contributed by atoms with van der Waals surface area (Å²) in [6.07, 6.45) is 2.09. The van der Waals surface area contributed by atoms with Crippen LogP contribution in [-0.4, -0.2) is 28.5 Å². The van der Waals surface area contributed by atoms with Gasteiger partial charge in [0.05, 0.1) is 20.5 Å². The number of methoxy groups -OCH3 is 2. The predicted octanol–water partition coefficient (Wildman–Crippen LogP) is 2.67. The normalized spacial score (nSPS) is 19.3. The Balaban J connectivity index is 1.79. The van der Waals surface area contributed by atoms with E-state index < -0.39 is 21.8 Å². The second-order valence-corrected chi connectivity index (χ2v) is 8.08. The Morgan fingerprint density at radius 2 is 1.96 bits per heavy atom. The molecule has 0 unspecified atom stereocenters. The summed E-state index contributed by atoms with van der Waals surface area (Å²) in [5.74, 6) is 0.255. The van der Waals surface area contributed by atoms with Gasteiger partial charge in [-0.1, -0.05) is 0 Å². The maximum Gasteiger partial charge on any atom is 0.265 e. The molecule has 1 N–H and O–H groups in total. The van der Waals surface area contributed by atoms with Crippen molar-refractivity contribution in [2.75, 3.05) is 14.2 Å². The van der Waals surface area contributed by atoms with Crippen molar-refractivity contribution >= 4 is 31.9 Å². The second kappa shape index (κ2) is 6.72. The van der Waals surface area contributed by atoms with Gasteiger partial charge in [-0.05, 0) is 40.5 Å². The second-order valence-electron chi connectivity index (χ2n) is 5.57. The maximum atomic E-state index is 12.6. The molecule has 1 aromatic heterocycles. The van der Waals surface area contributed by atoms with Crippen molar-refractivity contribution in [2.24, 2.45) is 5.92 Å². The Morgan fingerprint density at radius 3 is 2.56 bits per heavy atom. The summed E-state index contributed by atoms with van der Waals surface area (Å²) in [6, 6.07) is 6.29. The van der Waals surface area contributed by atoms with Crippen LogP contribution in [0.3, 0.4) is 0 Å². The Bertz CT molecular complexity index is 894. The van der Waals surface area contributed by atoms with E-state index in [0.717, 1.165) is 0 Å². The third-order valence-corrected chi connectivity index (χ3v) is 6.30. The number of sulfonamides is 1. The first kappa shape index (κ1) is 17.8. The minimum absolute atomic E-state index is 0.0842. The third-order valence-electron chi connectivity index (χ3n) is 4.00. The molecule has 3 rings (SSSR count). The topological polar surface area (TPSA) is 94.8 Å². The van der Waals surface area contributed by atoms with Gasteiger partial charge in [0.25, 0.3) is 10.0 Å². The van der Waals surface area contributed by atoms with Crippen molar-refractivity contribution < 1.29 is 27.1 Å². The van der Waals surface area contributed by atoms with E-state index >= 15 is 0 Å². The number of amides is 1. The van der Waals surface area contributed by atoms with Gasteiger partial charge in [0, 0.05) is 22.4 Å². The molecule has 1 fully saturated rings. The molecule has 134 valence electrons. The number of halogens is 1. The van der Waals surface area contributed by atoms with Crippen molar-refractivity contribution in [2.45, 2.75) is 17.2 Å². The van der Waals surface area contributed by atoms with E-state index in [9.17, 15) is 13.2 Å². The molecule has 1 saturated carbocycles. The number of carbonyl (C=O) groups is 1. The molecule has 1 aliphatic carbocycles. The molecule has 25 heavy (non-hydrogen) atoms. The Hall–Kier alpha value is -2.00. The first-order valence-corrected chi connectivity index (χ1v) is 9.66. The van der Waals surface area contributed by atoms with Gasteiger partial charge < -0.3 is 13.9 Å². The number of hydrogen-bond acceptors (Lipinski definition) is 6. The fourth-order valence-corrected chi connectivity index (χ4v) is 4.67. The summed E-state index contributed by atoms with van der Waals surface area (Å²) in [7, 11) is -1.21. The molecular weight excluding hydrogens is 414 g/mol. The van der Waals surface area contributed by atoms with Gasteiger partial charge in [0.15, 0.2) is 11.5 Å². The third kappa shape index (κ3) is 3.52. The van der Waals surface area contributed by atoms with E-state index in [2.05, 4.69) is 20.7 Å². The highest BCUT2D eigenvalue weighted by atomic mass is 79.9. The molecule has 7 nitrogen and oxygen atoms in total. The molecule has 9 heteroatoms. The summed E-state index contributed by atoms with van der Waals surface area (Å²) < 4.78 is 43.0. The van der Waals surface area contributed by atoms with Crippen molar-refractivity contribution in [3.05, 3.63) is 40.8 Å². The Morgan fingerprint density at radius 1 is 1.28 bits per heavy atom. The number of hydrogen-bond donors (Lipinski definition) is 1. The number of nitrogens with one attached hydrogen (secondary N) is 1. The molecule has 1 aliphatic rings. The fourth-order valence-electron chi connectivity index (χ4n) is 2.61. The van der Waals surface area contributed by atoms with Gasteiger partial charge in [-0.2, -0.15) is 0 Å². The SMILES string of the molecule is COc1cc(Br)c(S(=O)(=O)NC(=O)[C@@H]2C[C@H]2c2ccco2)cc1OC.